The lowest BCUT2D eigenvalue weighted by Crippen LogP contribution is -2.23. The molecule has 0 bridgehead atoms. The quantitative estimate of drug-likeness (QED) is 0.859. The Balaban J connectivity index is 2.53. The van der Waals surface area contributed by atoms with Crippen molar-refractivity contribution < 1.29 is 0 Å². The van der Waals surface area contributed by atoms with E-state index in [1.165, 1.54) is 5.56 Å². The van der Waals surface area contributed by atoms with Crippen molar-refractivity contribution >= 4 is 23.4 Å². The van der Waals surface area contributed by atoms with Gasteiger partial charge in [0.05, 0.1) is 0 Å². The Morgan fingerprint density at radius 2 is 2.20 bits per heavy atom. The first-order valence-corrected chi connectivity index (χ1v) is 6.90. The number of hydrogen-bond donors (Lipinski definition) is 1. The molecule has 1 nitrogen and oxygen atoms in total. The Bertz CT molecular complexity index is 314. The number of benzene rings is 1. The van der Waals surface area contributed by atoms with Crippen molar-refractivity contribution in [1.29, 1.82) is 0 Å². The van der Waals surface area contributed by atoms with E-state index >= 15 is 0 Å². The smallest absolute Gasteiger partial charge is 0.0435 e. The van der Waals surface area contributed by atoms with Crippen LogP contribution in [0.5, 0.6) is 0 Å². The fourth-order valence-corrected chi connectivity index (χ4v) is 2.16. The molecule has 1 unspecified atom stereocenters. The third-order valence-electron chi connectivity index (χ3n) is 2.41. The first-order valence-electron chi connectivity index (χ1n) is 5.13. The summed E-state index contributed by atoms with van der Waals surface area (Å²) in [6, 6.07) is 6.40. The van der Waals surface area contributed by atoms with E-state index < -0.39 is 0 Å². The molecule has 0 amide bonds. The zero-order valence-corrected chi connectivity index (χ0v) is 10.9. The van der Waals surface area contributed by atoms with Gasteiger partial charge in [-0.2, -0.15) is 11.8 Å². The third kappa shape index (κ3) is 4.45. The molecule has 0 aromatic heterocycles. The van der Waals surface area contributed by atoms with E-state index in [1.54, 1.807) is 0 Å². The Hall–Kier alpha value is -0.180. The normalized spacial score (nSPS) is 12.8. The maximum Gasteiger partial charge on any atom is 0.0435 e. The lowest BCUT2D eigenvalue weighted by atomic mass is 10.0. The highest BCUT2D eigenvalue weighted by Crippen LogP contribution is 2.17. The second-order valence-corrected chi connectivity index (χ2v) is 5.22. The SMILES string of the molecule is CSCCC(N)Cc1ccc(Cl)c(C)c1. The summed E-state index contributed by atoms with van der Waals surface area (Å²) >= 11 is 7.81. The average molecular weight is 244 g/mol. The Kier molecular flexibility index (Phi) is 5.51. The van der Waals surface area contributed by atoms with Gasteiger partial charge in [0.1, 0.15) is 0 Å². The maximum absolute atomic E-state index is 6.03. The van der Waals surface area contributed by atoms with Gasteiger partial charge in [-0.05, 0) is 49.0 Å². The molecule has 0 spiro atoms. The second kappa shape index (κ2) is 6.41. The fraction of sp³-hybridized carbons (Fsp3) is 0.500. The van der Waals surface area contributed by atoms with Crippen molar-refractivity contribution in [2.45, 2.75) is 25.8 Å². The van der Waals surface area contributed by atoms with Gasteiger partial charge in [0.25, 0.3) is 0 Å². The summed E-state index contributed by atoms with van der Waals surface area (Å²) in [6.07, 6.45) is 4.13. The van der Waals surface area contributed by atoms with Crippen LogP contribution in [-0.2, 0) is 6.42 Å². The lowest BCUT2D eigenvalue weighted by Gasteiger charge is -2.11. The molecule has 0 aliphatic carbocycles. The number of nitrogens with two attached hydrogens (primary N) is 1. The molecular weight excluding hydrogens is 226 g/mol. The summed E-state index contributed by atoms with van der Waals surface area (Å²) < 4.78 is 0. The van der Waals surface area contributed by atoms with Gasteiger partial charge in [0.15, 0.2) is 0 Å². The van der Waals surface area contributed by atoms with Gasteiger partial charge < -0.3 is 5.73 Å². The van der Waals surface area contributed by atoms with E-state index in [0.717, 1.165) is 29.2 Å². The van der Waals surface area contributed by atoms with Crippen LogP contribution in [-0.4, -0.2) is 18.1 Å². The number of aryl methyl sites for hydroxylation is 1. The molecule has 1 aromatic rings. The molecule has 3 heteroatoms. The first kappa shape index (κ1) is 12.9. The molecule has 0 aliphatic rings. The van der Waals surface area contributed by atoms with E-state index in [-0.39, 0.29) is 6.04 Å². The molecule has 0 saturated carbocycles. The molecular formula is C12H18ClNS. The minimum absolute atomic E-state index is 0.262. The van der Waals surface area contributed by atoms with Crippen LogP contribution in [0.2, 0.25) is 5.02 Å². The summed E-state index contributed by atoms with van der Waals surface area (Å²) in [5.41, 5.74) is 8.45. The van der Waals surface area contributed by atoms with Gasteiger partial charge in [0, 0.05) is 11.1 Å². The van der Waals surface area contributed by atoms with Crippen LogP contribution >= 0.6 is 23.4 Å². The zero-order chi connectivity index (χ0) is 11.3. The van der Waals surface area contributed by atoms with Crippen LogP contribution in [0.4, 0.5) is 0 Å². The van der Waals surface area contributed by atoms with Crippen molar-refractivity contribution in [3.8, 4) is 0 Å². The molecule has 1 aromatic carbocycles. The average Bonchev–Trinajstić information content (AvgIpc) is 2.20. The van der Waals surface area contributed by atoms with E-state index in [0.29, 0.717) is 0 Å². The summed E-state index contributed by atoms with van der Waals surface area (Å²) in [5, 5.41) is 0.830. The van der Waals surface area contributed by atoms with E-state index in [2.05, 4.69) is 18.4 Å². The van der Waals surface area contributed by atoms with Crippen LogP contribution in [0, 0.1) is 6.92 Å². The number of thioether (sulfide) groups is 1. The van der Waals surface area contributed by atoms with E-state index in [9.17, 15) is 0 Å². The molecule has 1 atom stereocenters. The Morgan fingerprint density at radius 3 is 2.80 bits per heavy atom. The molecule has 0 heterocycles. The van der Waals surface area contributed by atoms with Crippen LogP contribution in [0.15, 0.2) is 18.2 Å². The van der Waals surface area contributed by atoms with Crippen molar-refractivity contribution in [2.75, 3.05) is 12.0 Å². The molecule has 0 saturated heterocycles. The highest BCUT2D eigenvalue weighted by atomic mass is 35.5. The molecule has 0 radical (unpaired) electrons. The highest BCUT2D eigenvalue weighted by molar-refractivity contribution is 7.98. The second-order valence-electron chi connectivity index (χ2n) is 3.83. The molecule has 1 rings (SSSR count). The van der Waals surface area contributed by atoms with Crippen LogP contribution in [0.1, 0.15) is 17.5 Å². The van der Waals surface area contributed by atoms with Crippen molar-refractivity contribution in [3.63, 3.8) is 0 Å². The summed E-state index contributed by atoms with van der Waals surface area (Å²) in [6.45, 7) is 2.03. The predicted molar refractivity (Wildman–Crippen MR) is 70.9 cm³/mol. The van der Waals surface area contributed by atoms with Gasteiger partial charge in [-0.25, -0.2) is 0 Å². The predicted octanol–water partition coefficient (Wildman–Crippen LogP) is 3.27. The lowest BCUT2D eigenvalue weighted by molar-refractivity contribution is 0.652. The van der Waals surface area contributed by atoms with Gasteiger partial charge in [0.2, 0.25) is 0 Å². The van der Waals surface area contributed by atoms with Gasteiger partial charge in [-0.15, -0.1) is 0 Å². The van der Waals surface area contributed by atoms with Crippen molar-refractivity contribution in [1.82, 2.24) is 0 Å². The van der Waals surface area contributed by atoms with Crippen molar-refractivity contribution in [3.05, 3.63) is 34.3 Å². The van der Waals surface area contributed by atoms with Crippen LogP contribution in [0.3, 0.4) is 0 Å². The highest BCUT2D eigenvalue weighted by Gasteiger charge is 2.04. The fourth-order valence-electron chi connectivity index (χ4n) is 1.51. The Morgan fingerprint density at radius 1 is 1.47 bits per heavy atom. The van der Waals surface area contributed by atoms with Gasteiger partial charge >= 0.3 is 0 Å². The summed E-state index contributed by atoms with van der Waals surface area (Å²) in [5.74, 6) is 1.13. The van der Waals surface area contributed by atoms with Crippen molar-refractivity contribution in [2.24, 2.45) is 5.73 Å². The molecule has 2 N–H and O–H groups in total. The number of halogens is 1. The largest absolute Gasteiger partial charge is 0.327 e. The first-order chi connectivity index (χ1) is 7.13. The van der Waals surface area contributed by atoms with Gasteiger partial charge in [-0.3, -0.25) is 0 Å². The molecule has 15 heavy (non-hydrogen) atoms. The topological polar surface area (TPSA) is 26.0 Å². The number of hydrogen-bond acceptors (Lipinski definition) is 2. The van der Waals surface area contributed by atoms with Crippen LogP contribution < -0.4 is 5.73 Å². The Labute approximate surface area is 101 Å². The molecule has 84 valence electrons. The van der Waals surface area contributed by atoms with Gasteiger partial charge in [-0.1, -0.05) is 23.7 Å². The minimum atomic E-state index is 0.262. The third-order valence-corrected chi connectivity index (χ3v) is 3.48. The van der Waals surface area contributed by atoms with E-state index in [4.69, 9.17) is 17.3 Å². The summed E-state index contributed by atoms with van der Waals surface area (Å²) in [4.78, 5) is 0. The standard InChI is InChI=1S/C12H18ClNS/c1-9-7-10(3-4-12(9)13)8-11(14)5-6-15-2/h3-4,7,11H,5-6,8,14H2,1-2H3. The van der Waals surface area contributed by atoms with Crippen LogP contribution in [0.25, 0.3) is 0 Å². The monoisotopic (exact) mass is 243 g/mol. The number of rotatable bonds is 5. The van der Waals surface area contributed by atoms with E-state index in [1.807, 2.05) is 24.8 Å². The summed E-state index contributed by atoms with van der Waals surface area (Å²) in [7, 11) is 0. The zero-order valence-electron chi connectivity index (χ0n) is 9.29. The molecule has 0 aliphatic heterocycles. The minimum Gasteiger partial charge on any atom is -0.327 e. The molecule has 0 fully saturated rings. The maximum atomic E-state index is 6.03.